The van der Waals surface area contributed by atoms with Crippen molar-refractivity contribution in [1.29, 1.82) is 0 Å². The number of anilines is 2. The first-order valence-corrected chi connectivity index (χ1v) is 8.78. The normalized spacial score (nSPS) is 11.1. The number of amides is 1. The summed E-state index contributed by atoms with van der Waals surface area (Å²) in [5.74, 6) is -0.388. The van der Waals surface area contributed by atoms with Gasteiger partial charge in [0.05, 0.1) is 31.0 Å². The Hall–Kier alpha value is -4.48. The van der Waals surface area contributed by atoms with Crippen LogP contribution in [0, 0.1) is 0 Å². The third-order valence-corrected chi connectivity index (χ3v) is 4.18. The maximum Gasteiger partial charge on any atom is 0.293 e. The van der Waals surface area contributed by atoms with E-state index in [1.165, 1.54) is 23.4 Å². The van der Waals surface area contributed by atoms with Gasteiger partial charge in [0.15, 0.2) is 5.69 Å². The Kier molecular flexibility index (Phi) is 5.19. The number of nitrogens with zero attached hydrogens (tertiary/aromatic N) is 7. The third kappa shape index (κ3) is 3.87. The molecule has 0 aliphatic rings. The molecule has 3 heterocycles. The first kappa shape index (κ1) is 18.9. The molecule has 30 heavy (non-hydrogen) atoms. The van der Waals surface area contributed by atoms with E-state index in [1.54, 1.807) is 6.07 Å². The number of nitrogen functional groups attached to an aromatic ring is 1. The average molecular weight is 407 g/mol. The van der Waals surface area contributed by atoms with Crippen molar-refractivity contribution in [3.05, 3.63) is 65.9 Å². The van der Waals surface area contributed by atoms with Gasteiger partial charge in [-0.05, 0) is 28.5 Å². The SMILES string of the molecule is CN(Cc1c(C(=O)NN=Cc2ccoc2)nnn1-c1nonc1N)c1ccccc1. The number of aromatic nitrogens is 5. The summed E-state index contributed by atoms with van der Waals surface area (Å²) in [4.78, 5) is 14.6. The lowest BCUT2D eigenvalue weighted by atomic mass is 10.2. The standard InChI is InChI=1S/C18H17N9O3/c1-26(13-5-3-2-4-6-13)10-14-15(18(28)22-20-9-12-7-8-29-11-12)21-25-27(14)17-16(19)23-30-24-17/h2-9,11H,10H2,1H3,(H2,19,23)(H,22,28). The highest BCUT2D eigenvalue weighted by atomic mass is 16.6. The van der Waals surface area contributed by atoms with Crippen molar-refractivity contribution in [1.82, 2.24) is 30.7 Å². The van der Waals surface area contributed by atoms with Crippen molar-refractivity contribution in [3.63, 3.8) is 0 Å². The van der Waals surface area contributed by atoms with Crippen molar-refractivity contribution in [2.75, 3.05) is 17.7 Å². The number of carbonyl (C=O) groups excluding carboxylic acids is 1. The highest BCUT2D eigenvalue weighted by Crippen LogP contribution is 2.20. The van der Waals surface area contributed by atoms with Gasteiger partial charge in [0.2, 0.25) is 11.6 Å². The summed E-state index contributed by atoms with van der Waals surface area (Å²) >= 11 is 0. The van der Waals surface area contributed by atoms with E-state index < -0.39 is 5.91 Å². The Morgan fingerprint density at radius 3 is 2.83 bits per heavy atom. The second-order valence-corrected chi connectivity index (χ2v) is 6.22. The topological polar surface area (TPSA) is 153 Å². The largest absolute Gasteiger partial charge is 0.472 e. The van der Waals surface area contributed by atoms with E-state index in [2.05, 4.69) is 35.8 Å². The van der Waals surface area contributed by atoms with Crippen LogP contribution in [0.2, 0.25) is 0 Å². The van der Waals surface area contributed by atoms with Gasteiger partial charge in [-0.3, -0.25) is 4.79 Å². The molecule has 12 nitrogen and oxygen atoms in total. The Balaban J connectivity index is 1.63. The van der Waals surface area contributed by atoms with Crippen molar-refractivity contribution in [2.24, 2.45) is 5.10 Å². The highest BCUT2D eigenvalue weighted by Gasteiger charge is 2.25. The molecular weight excluding hydrogens is 390 g/mol. The van der Waals surface area contributed by atoms with Crippen LogP contribution < -0.4 is 16.1 Å². The first-order valence-electron chi connectivity index (χ1n) is 8.78. The summed E-state index contributed by atoms with van der Waals surface area (Å²) in [6.07, 6.45) is 4.44. The monoisotopic (exact) mass is 407 g/mol. The van der Waals surface area contributed by atoms with Crippen LogP contribution in [-0.4, -0.2) is 44.5 Å². The molecule has 0 unspecified atom stereocenters. The maximum atomic E-state index is 12.7. The van der Waals surface area contributed by atoms with Gasteiger partial charge in [0.1, 0.15) is 0 Å². The molecule has 0 fully saturated rings. The summed E-state index contributed by atoms with van der Waals surface area (Å²) in [5.41, 5.74) is 10.3. The molecule has 12 heteroatoms. The van der Waals surface area contributed by atoms with E-state index in [1.807, 2.05) is 42.3 Å². The lowest BCUT2D eigenvalue weighted by Crippen LogP contribution is -2.24. The van der Waals surface area contributed by atoms with E-state index in [4.69, 9.17) is 10.2 Å². The molecule has 0 bridgehead atoms. The van der Waals surface area contributed by atoms with Crippen molar-refractivity contribution in [2.45, 2.75) is 6.54 Å². The zero-order chi connectivity index (χ0) is 20.9. The van der Waals surface area contributed by atoms with Gasteiger partial charge in [-0.15, -0.1) is 5.10 Å². The van der Waals surface area contributed by atoms with Gasteiger partial charge in [0.25, 0.3) is 5.91 Å². The zero-order valence-corrected chi connectivity index (χ0v) is 15.8. The van der Waals surface area contributed by atoms with Crippen LogP contribution in [0.15, 0.2) is 63.1 Å². The molecule has 4 rings (SSSR count). The van der Waals surface area contributed by atoms with E-state index in [9.17, 15) is 4.79 Å². The predicted molar refractivity (Wildman–Crippen MR) is 106 cm³/mol. The first-order chi connectivity index (χ1) is 14.6. The summed E-state index contributed by atoms with van der Waals surface area (Å²) < 4.78 is 10.9. The number of furan rings is 1. The Morgan fingerprint density at radius 2 is 2.13 bits per heavy atom. The third-order valence-electron chi connectivity index (χ3n) is 4.18. The zero-order valence-electron chi connectivity index (χ0n) is 15.8. The molecule has 3 aromatic heterocycles. The van der Waals surface area contributed by atoms with E-state index in [-0.39, 0.29) is 23.9 Å². The molecular formula is C18H17N9O3. The van der Waals surface area contributed by atoms with Gasteiger partial charge < -0.3 is 15.1 Å². The number of nitrogens with one attached hydrogen (secondary N) is 1. The molecule has 0 saturated heterocycles. The second kappa shape index (κ2) is 8.26. The number of hydrogen-bond donors (Lipinski definition) is 2. The van der Waals surface area contributed by atoms with Crippen LogP contribution in [0.5, 0.6) is 0 Å². The number of carbonyl (C=O) groups is 1. The van der Waals surface area contributed by atoms with Crippen molar-refractivity contribution in [3.8, 4) is 5.82 Å². The van der Waals surface area contributed by atoms with E-state index >= 15 is 0 Å². The van der Waals surface area contributed by atoms with Gasteiger partial charge in [0, 0.05) is 18.3 Å². The molecule has 0 aliphatic carbocycles. The van der Waals surface area contributed by atoms with Crippen LogP contribution >= 0.6 is 0 Å². The van der Waals surface area contributed by atoms with Crippen LogP contribution in [0.1, 0.15) is 21.7 Å². The van der Waals surface area contributed by atoms with Crippen molar-refractivity contribution >= 4 is 23.6 Å². The molecule has 1 amide bonds. The minimum atomic E-state index is -0.549. The summed E-state index contributed by atoms with van der Waals surface area (Å²) in [5, 5.41) is 19.2. The minimum Gasteiger partial charge on any atom is -0.472 e. The lowest BCUT2D eigenvalue weighted by molar-refractivity contribution is 0.0949. The Labute approximate surface area is 169 Å². The molecule has 0 saturated carbocycles. The van der Waals surface area contributed by atoms with Crippen LogP contribution in [0.3, 0.4) is 0 Å². The second-order valence-electron chi connectivity index (χ2n) is 6.22. The lowest BCUT2D eigenvalue weighted by Gasteiger charge is -2.19. The van der Waals surface area contributed by atoms with E-state index in [0.29, 0.717) is 11.3 Å². The average Bonchev–Trinajstić information content (AvgIpc) is 3.50. The maximum absolute atomic E-state index is 12.7. The van der Waals surface area contributed by atoms with Gasteiger partial charge >= 0.3 is 0 Å². The van der Waals surface area contributed by atoms with Gasteiger partial charge in [-0.2, -0.15) is 9.78 Å². The molecule has 4 aromatic rings. The Bertz CT molecular complexity index is 1150. The number of benzene rings is 1. The van der Waals surface area contributed by atoms with Crippen molar-refractivity contribution < 1.29 is 13.8 Å². The van der Waals surface area contributed by atoms with Gasteiger partial charge in [-0.1, -0.05) is 23.4 Å². The predicted octanol–water partition coefficient (Wildman–Crippen LogP) is 1.23. The fourth-order valence-electron chi connectivity index (χ4n) is 2.69. The summed E-state index contributed by atoms with van der Waals surface area (Å²) in [6, 6.07) is 11.3. The van der Waals surface area contributed by atoms with Crippen LogP contribution in [0.4, 0.5) is 11.5 Å². The fraction of sp³-hybridized carbons (Fsp3) is 0.111. The summed E-state index contributed by atoms with van der Waals surface area (Å²) in [6.45, 7) is 0.275. The number of rotatable bonds is 7. The fourth-order valence-corrected chi connectivity index (χ4v) is 2.69. The smallest absolute Gasteiger partial charge is 0.293 e. The van der Waals surface area contributed by atoms with E-state index in [0.717, 1.165) is 5.69 Å². The minimum absolute atomic E-state index is 0.0217. The molecule has 0 atom stereocenters. The number of hydrazone groups is 1. The number of para-hydroxylation sites is 1. The summed E-state index contributed by atoms with van der Waals surface area (Å²) in [7, 11) is 1.87. The molecule has 3 N–H and O–H groups in total. The Morgan fingerprint density at radius 1 is 1.30 bits per heavy atom. The molecule has 0 aliphatic heterocycles. The highest BCUT2D eigenvalue weighted by molar-refractivity contribution is 5.94. The molecule has 0 spiro atoms. The molecule has 1 aromatic carbocycles. The molecule has 152 valence electrons. The van der Waals surface area contributed by atoms with Crippen LogP contribution in [0.25, 0.3) is 5.82 Å². The quantitative estimate of drug-likeness (QED) is 0.340. The number of hydrogen-bond acceptors (Lipinski definition) is 10. The number of nitrogens with two attached hydrogens (primary N) is 1. The molecule has 0 radical (unpaired) electrons. The van der Waals surface area contributed by atoms with Crippen LogP contribution in [-0.2, 0) is 6.54 Å². The van der Waals surface area contributed by atoms with Gasteiger partial charge in [-0.25, -0.2) is 10.1 Å².